The van der Waals surface area contributed by atoms with Crippen LogP contribution in [0.25, 0.3) is 22.0 Å². The SMILES string of the molecule is COc1ccc(-c2csc(NC(=O)Cc3csc(-c4ccc(C)o4)n3)n2)cc1Cl. The summed E-state index contributed by atoms with van der Waals surface area (Å²) in [5.41, 5.74) is 2.28. The molecule has 4 rings (SSSR count). The highest BCUT2D eigenvalue weighted by atomic mass is 35.5. The van der Waals surface area contributed by atoms with Crippen LogP contribution in [0.3, 0.4) is 0 Å². The van der Waals surface area contributed by atoms with Gasteiger partial charge in [-0.2, -0.15) is 0 Å². The van der Waals surface area contributed by atoms with E-state index in [2.05, 4.69) is 15.3 Å². The topological polar surface area (TPSA) is 77.2 Å². The van der Waals surface area contributed by atoms with Crippen LogP contribution in [0, 0.1) is 6.92 Å². The molecule has 0 fully saturated rings. The largest absolute Gasteiger partial charge is 0.495 e. The molecule has 0 unspecified atom stereocenters. The Morgan fingerprint density at radius 1 is 1.21 bits per heavy atom. The average Bonchev–Trinajstić information content (AvgIpc) is 3.43. The van der Waals surface area contributed by atoms with Crippen LogP contribution >= 0.6 is 34.3 Å². The van der Waals surface area contributed by atoms with Gasteiger partial charge in [-0.25, -0.2) is 9.97 Å². The lowest BCUT2D eigenvalue weighted by Crippen LogP contribution is -2.14. The van der Waals surface area contributed by atoms with Crippen LogP contribution in [0.15, 0.2) is 45.5 Å². The third-order valence-electron chi connectivity index (χ3n) is 4.04. The minimum atomic E-state index is -0.175. The number of anilines is 1. The number of nitrogens with one attached hydrogen (secondary N) is 1. The molecule has 4 aromatic rings. The van der Waals surface area contributed by atoms with Crippen LogP contribution in [-0.4, -0.2) is 23.0 Å². The zero-order valence-corrected chi connectivity index (χ0v) is 18.0. The highest BCUT2D eigenvalue weighted by Gasteiger charge is 2.13. The number of benzene rings is 1. The van der Waals surface area contributed by atoms with E-state index < -0.39 is 0 Å². The minimum absolute atomic E-state index is 0.166. The number of aromatic nitrogens is 2. The molecule has 0 radical (unpaired) electrons. The van der Waals surface area contributed by atoms with Crippen molar-refractivity contribution in [1.29, 1.82) is 0 Å². The smallest absolute Gasteiger partial charge is 0.232 e. The molecule has 3 aromatic heterocycles. The zero-order valence-electron chi connectivity index (χ0n) is 15.6. The van der Waals surface area contributed by atoms with Gasteiger partial charge in [0.15, 0.2) is 15.9 Å². The number of ether oxygens (including phenoxy) is 1. The minimum Gasteiger partial charge on any atom is -0.495 e. The van der Waals surface area contributed by atoms with Crippen LogP contribution < -0.4 is 10.1 Å². The average molecular weight is 446 g/mol. The molecule has 0 aliphatic heterocycles. The molecular formula is C20H16ClN3O3S2. The number of amides is 1. The quantitative estimate of drug-likeness (QED) is 0.413. The van der Waals surface area contributed by atoms with Gasteiger partial charge in [0, 0.05) is 16.3 Å². The molecule has 1 N–H and O–H groups in total. The van der Waals surface area contributed by atoms with Gasteiger partial charge >= 0.3 is 0 Å². The lowest BCUT2D eigenvalue weighted by Gasteiger charge is -2.04. The summed E-state index contributed by atoms with van der Waals surface area (Å²) < 4.78 is 10.7. The Balaban J connectivity index is 1.41. The molecular weight excluding hydrogens is 430 g/mol. The number of methoxy groups -OCH3 is 1. The molecule has 0 saturated carbocycles. The van der Waals surface area contributed by atoms with E-state index in [1.165, 1.54) is 22.7 Å². The molecule has 3 heterocycles. The Hall–Kier alpha value is -2.68. The van der Waals surface area contributed by atoms with Crippen molar-refractivity contribution in [2.75, 3.05) is 12.4 Å². The molecule has 0 saturated heterocycles. The van der Waals surface area contributed by atoms with E-state index in [4.69, 9.17) is 20.8 Å². The first-order valence-corrected chi connectivity index (χ1v) is 10.8. The van der Waals surface area contributed by atoms with E-state index in [0.29, 0.717) is 27.4 Å². The first-order chi connectivity index (χ1) is 14.0. The highest BCUT2D eigenvalue weighted by molar-refractivity contribution is 7.14. The first-order valence-electron chi connectivity index (χ1n) is 8.62. The molecule has 1 amide bonds. The van der Waals surface area contributed by atoms with E-state index >= 15 is 0 Å². The lowest BCUT2D eigenvalue weighted by atomic mass is 10.2. The fourth-order valence-electron chi connectivity index (χ4n) is 2.67. The summed E-state index contributed by atoms with van der Waals surface area (Å²) in [5, 5.41) is 8.34. The number of hydrogen-bond donors (Lipinski definition) is 1. The van der Waals surface area contributed by atoms with Gasteiger partial charge in [-0.3, -0.25) is 4.79 Å². The summed E-state index contributed by atoms with van der Waals surface area (Å²) in [4.78, 5) is 21.3. The van der Waals surface area contributed by atoms with Gasteiger partial charge in [0.05, 0.1) is 29.9 Å². The van der Waals surface area contributed by atoms with Crippen LogP contribution in [0.1, 0.15) is 11.5 Å². The summed E-state index contributed by atoms with van der Waals surface area (Å²) in [6, 6.07) is 9.21. The first kappa shape index (κ1) is 19.6. The number of halogens is 1. The molecule has 9 heteroatoms. The maximum absolute atomic E-state index is 12.4. The number of furan rings is 1. The van der Waals surface area contributed by atoms with Crippen molar-refractivity contribution in [2.45, 2.75) is 13.3 Å². The third kappa shape index (κ3) is 4.50. The van der Waals surface area contributed by atoms with Gasteiger partial charge in [-0.1, -0.05) is 11.6 Å². The fraction of sp³-hybridized carbons (Fsp3) is 0.150. The number of nitrogens with zero attached hydrogens (tertiary/aromatic N) is 2. The van der Waals surface area contributed by atoms with Gasteiger partial charge in [0.1, 0.15) is 11.5 Å². The third-order valence-corrected chi connectivity index (χ3v) is 6.00. The van der Waals surface area contributed by atoms with Crippen molar-refractivity contribution in [1.82, 2.24) is 9.97 Å². The highest BCUT2D eigenvalue weighted by Crippen LogP contribution is 2.32. The van der Waals surface area contributed by atoms with Crippen molar-refractivity contribution in [2.24, 2.45) is 0 Å². The summed E-state index contributed by atoms with van der Waals surface area (Å²) in [6.45, 7) is 1.88. The van der Waals surface area contributed by atoms with Gasteiger partial charge in [-0.15, -0.1) is 22.7 Å². The summed E-state index contributed by atoms with van der Waals surface area (Å²) in [6.07, 6.45) is 0.166. The lowest BCUT2D eigenvalue weighted by molar-refractivity contribution is -0.115. The van der Waals surface area contributed by atoms with Gasteiger partial charge in [0.2, 0.25) is 5.91 Å². The second-order valence-corrected chi connectivity index (χ2v) is 8.29. The Kier molecular flexibility index (Phi) is 5.66. The van der Waals surface area contributed by atoms with Crippen molar-refractivity contribution >= 4 is 45.3 Å². The van der Waals surface area contributed by atoms with E-state index in [-0.39, 0.29) is 12.3 Å². The van der Waals surface area contributed by atoms with E-state index in [0.717, 1.165) is 22.0 Å². The number of carbonyl (C=O) groups is 1. The predicted octanol–water partition coefficient (Wildman–Crippen LogP) is 5.68. The molecule has 29 heavy (non-hydrogen) atoms. The van der Waals surface area contributed by atoms with Crippen molar-refractivity contribution in [3.05, 3.63) is 57.6 Å². The van der Waals surface area contributed by atoms with E-state index in [9.17, 15) is 4.79 Å². The standard InChI is InChI=1S/C20H16ClN3O3S2/c1-11-3-5-17(27-11)19-22-13(9-28-19)8-18(25)24-20-23-15(10-29-20)12-4-6-16(26-2)14(21)7-12/h3-7,9-10H,8H2,1-2H3,(H,23,24,25). The second kappa shape index (κ2) is 8.36. The zero-order chi connectivity index (χ0) is 20.4. The summed E-state index contributed by atoms with van der Waals surface area (Å²) >= 11 is 8.98. The van der Waals surface area contributed by atoms with Gasteiger partial charge in [0.25, 0.3) is 0 Å². The summed E-state index contributed by atoms with van der Waals surface area (Å²) in [5.74, 6) is 1.96. The van der Waals surface area contributed by atoms with E-state index in [1.54, 1.807) is 19.2 Å². The summed E-state index contributed by atoms with van der Waals surface area (Å²) in [7, 11) is 1.57. The van der Waals surface area contributed by atoms with Gasteiger partial charge < -0.3 is 14.5 Å². The molecule has 0 atom stereocenters. The number of thiazole rings is 2. The molecule has 1 aromatic carbocycles. The number of aryl methyl sites for hydroxylation is 1. The normalized spacial score (nSPS) is 10.9. The number of hydrogen-bond acceptors (Lipinski definition) is 7. The van der Waals surface area contributed by atoms with Gasteiger partial charge in [-0.05, 0) is 37.3 Å². The van der Waals surface area contributed by atoms with Crippen LogP contribution in [0.2, 0.25) is 5.02 Å². The Bertz CT molecular complexity index is 1170. The molecule has 6 nitrogen and oxygen atoms in total. The number of rotatable bonds is 6. The predicted molar refractivity (Wildman–Crippen MR) is 116 cm³/mol. The molecule has 0 spiro atoms. The number of carbonyl (C=O) groups excluding carboxylic acids is 1. The molecule has 148 valence electrons. The fourth-order valence-corrected chi connectivity index (χ4v) is 4.44. The molecule has 0 bridgehead atoms. The van der Waals surface area contributed by atoms with Crippen molar-refractivity contribution < 1.29 is 13.9 Å². The maximum Gasteiger partial charge on any atom is 0.232 e. The Morgan fingerprint density at radius 2 is 2.07 bits per heavy atom. The van der Waals surface area contributed by atoms with E-state index in [1.807, 2.05) is 35.9 Å². The molecule has 0 aliphatic rings. The molecule has 0 aliphatic carbocycles. The second-order valence-electron chi connectivity index (χ2n) is 6.17. The van der Waals surface area contributed by atoms with Crippen molar-refractivity contribution in [3.8, 4) is 27.8 Å². The Labute approximate surface area is 180 Å². The van der Waals surface area contributed by atoms with Crippen LogP contribution in [0.4, 0.5) is 5.13 Å². The Morgan fingerprint density at radius 3 is 2.79 bits per heavy atom. The van der Waals surface area contributed by atoms with Crippen LogP contribution in [-0.2, 0) is 11.2 Å². The van der Waals surface area contributed by atoms with Crippen LogP contribution in [0.5, 0.6) is 5.75 Å². The maximum atomic E-state index is 12.4. The monoisotopic (exact) mass is 445 g/mol. The van der Waals surface area contributed by atoms with Crippen molar-refractivity contribution in [3.63, 3.8) is 0 Å².